The van der Waals surface area contributed by atoms with Gasteiger partial charge in [0.25, 0.3) is 6.01 Å². The van der Waals surface area contributed by atoms with Crippen LogP contribution < -0.4 is 9.64 Å². The third-order valence-corrected chi connectivity index (χ3v) is 7.50. The average molecular weight is 516 g/mol. The molecule has 10 nitrogen and oxygen atoms in total. The van der Waals surface area contributed by atoms with Crippen molar-refractivity contribution >= 4 is 40.4 Å². The minimum atomic E-state index is -0.762. The number of aromatic nitrogens is 4. The molecule has 11 heteroatoms. The lowest BCUT2D eigenvalue weighted by molar-refractivity contribution is -0.143. The van der Waals surface area contributed by atoms with Crippen molar-refractivity contribution in [2.24, 2.45) is 5.92 Å². The maximum absolute atomic E-state index is 12.6. The van der Waals surface area contributed by atoms with Crippen LogP contribution in [-0.4, -0.2) is 56.3 Å². The van der Waals surface area contributed by atoms with Gasteiger partial charge >= 0.3 is 12.1 Å². The number of fused-ring (bicyclic) bond motifs is 3. The molecule has 2 aromatic heterocycles. The predicted molar refractivity (Wildman–Crippen MR) is 134 cm³/mol. The first-order valence-electron chi connectivity index (χ1n) is 12.3. The molecule has 1 aliphatic carbocycles. The molecule has 0 unspecified atom stereocenters. The van der Waals surface area contributed by atoms with Crippen molar-refractivity contribution in [1.82, 2.24) is 19.3 Å². The fourth-order valence-corrected chi connectivity index (χ4v) is 5.68. The van der Waals surface area contributed by atoms with Gasteiger partial charge in [0, 0.05) is 23.8 Å². The summed E-state index contributed by atoms with van der Waals surface area (Å²) in [4.78, 5) is 30.9. The lowest BCUT2D eigenvalue weighted by Gasteiger charge is -2.34. The number of halogens is 1. The first kappa shape index (κ1) is 24.4. The van der Waals surface area contributed by atoms with Crippen LogP contribution in [0.2, 0.25) is 5.02 Å². The zero-order chi connectivity index (χ0) is 25.4. The molecule has 3 heterocycles. The molecule has 1 aromatic carbocycles. The zero-order valence-electron chi connectivity index (χ0n) is 20.4. The van der Waals surface area contributed by atoms with Gasteiger partial charge in [-0.2, -0.15) is 10.1 Å². The number of hydrogen-bond donors (Lipinski definition) is 1. The number of aliphatic carboxylic acids is 1. The Labute approximate surface area is 213 Å². The number of anilines is 1. The van der Waals surface area contributed by atoms with E-state index in [1.165, 1.54) is 7.11 Å². The summed E-state index contributed by atoms with van der Waals surface area (Å²) < 4.78 is 15.0. The monoisotopic (exact) mass is 515 g/mol. The Morgan fingerprint density at radius 3 is 2.81 bits per heavy atom. The predicted octanol–water partition coefficient (Wildman–Crippen LogP) is 4.69. The normalized spacial score (nSPS) is 21.9. The molecule has 0 saturated heterocycles. The SMILES string of the molecule is COC(=O)N1c2ccc3c(nc(OCCn4cc(Cl)cn4)n3[C@@H]3CCC[C@@H](C(=O)O)C3)c2CC[C@@H]1C. The average Bonchev–Trinajstić information content (AvgIpc) is 3.46. The molecule has 0 bridgehead atoms. The molecule has 1 saturated carbocycles. The molecule has 1 N–H and O–H groups in total. The number of nitrogens with zero attached hydrogens (tertiary/aromatic N) is 5. The van der Waals surface area contributed by atoms with Gasteiger partial charge in [-0.15, -0.1) is 0 Å². The van der Waals surface area contributed by atoms with Gasteiger partial charge in [0.15, 0.2) is 0 Å². The zero-order valence-corrected chi connectivity index (χ0v) is 21.1. The van der Waals surface area contributed by atoms with Crippen molar-refractivity contribution in [2.75, 3.05) is 18.6 Å². The van der Waals surface area contributed by atoms with Crippen LogP contribution in [0.15, 0.2) is 24.5 Å². The van der Waals surface area contributed by atoms with E-state index in [4.69, 9.17) is 26.1 Å². The maximum atomic E-state index is 12.6. The van der Waals surface area contributed by atoms with E-state index in [1.54, 1.807) is 22.0 Å². The largest absolute Gasteiger partial charge is 0.481 e. The highest BCUT2D eigenvalue weighted by Gasteiger charge is 2.34. The number of aryl methyl sites for hydroxylation is 1. The Morgan fingerprint density at radius 2 is 2.08 bits per heavy atom. The molecular formula is C25H30ClN5O5. The van der Waals surface area contributed by atoms with Crippen LogP contribution in [0.1, 0.15) is 50.6 Å². The number of methoxy groups -OCH3 is 1. The van der Waals surface area contributed by atoms with Crippen molar-refractivity contribution in [3.8, 4) is 6.01 Å². The van der Waals surface area contributed by atoms with Crippen LogP contribution in [0.5, 0.6) is 6.01 Å². The summed E-state index contributed by atoms with van der Waals surface area (Å²) in [5.74, 6) is -1.16. The van der Waals surface area contributed by atoms with E-state index < -0.39 is 18.0 Å². The summed E-state index contributed by atoms with van der Waals surface area (Å²) >= 11 is 5.97. The molecule has 192 valence electrons. The summed E-state index contributed by atoms with van der Waals surface area (Å²) in [7, 11) is 1.39. The van der Waals surface area contributed by atoms with Crippen molar-refractivity contribution < 1.29 is 24.2 Å². The van der Waals surface area contributed by atoms with Gasteiger partial charge in [-0.3, -0.25) is 18.9 Å². The number of ether oxygens (including phenoxy) is 2. The van der Waals surface area contributed by atoms with E-state index in [-0.39, 0.29) is 12.1 Å². The number of hydrogen-bond acceptors (Lipinski definition) is 6. The van der Waals surface area contributed by atoms with Crippen molar-refractivity contribution in [2.45, 2.75) is 64.1 Å². The van der Waals surface area contributed by atoms with Crippen LogP contribution in [-0.2, 0) is 22.5 Å². The number of carboxylic acid groups (broad SMARTS) is 1. The molecule has 5 rings (SSSR count). The van der Waals surface area contributed by atoms with Crippen LogP contribution in [0.3, 0.4) is 0 Å². The van der Waals surface area contributed by atoms with Gasteiger partial charge in [0.05, 0.1) is 47.5 Å². The Morgan fingerprint density at radius 1 is 1.25 bits per heavy atom. The first-order chi connectivity index (χ1) is 17.4. The number of imidazole rings is 1. The summed E-state index contributed by atoms with van der Waals surface area (Å²) in [6.45, 7) is 2.82. The van der Waals surface area contributed by atoms with Crippen molar-refractivity contribution in [3.63, 3.8) is 0 Å². The minimum Gasteiger partial charge on any atom is -0.481 e. The Balaban J connectivity index is 1.54. The van der Waals surface area contributed by atoms with Crippen LogP contribution in [0, 0.1) is 5.92 Å². The lowest BCUT2D eigenvalue weighted by Crippen LogP contribution is -2.42. The Bertz CT molecular complexity index is 1290. The van der Waals surface area contributed by atoms with E-state index >= 15 is 0 Å². The van der Waals surface area contributed by atoms with Crippen LogP contribution in [0.25, 0.3) is 11.0 Å². The van der Waals surface area contributed by atoms with Crippen molar-refractivity contribution in [3.05, 3.63) is 35.1 Å². The minimum absolute atomic E-state index is 0.00997. The van der Waals surface area contributed by atoms with Gasteiger partial charge in [-0.25, -0.2) is 4.79 Å². The molecule has 1 amide bonds. The molecule has 3 atom stereocenters. The smallest absolute Gasteiger partial charge is 0.414 e. The summed E-state index contributed by atoms with van der Waals surface area (Å²) in [5, 5.41) is 14.4. The Kier molecular flexibility index (Phi) is 6.79. The van der Waals surface area contributed by atoms with E-state index in [0.717, 1.165) is 48.0 Å². The van der Waals surface area contributed by atoms with Gasteiger partial charge < -0.3 is 14.6 Å². The Hall–Kier alpha value is -3.27. The number of benzene rings is 1. The second-order valence-corrected chi connectivity index (χ2v) is 9.99. The highest BCUT2D eigenvalue weighted by atomic mass is 35.5. The summed E-state index contributed by atoms with van der Waals surface area (Å²) in [6.07, 6.45) is 7.34. The molecule has 1 aliphatic heterocycles. The second kappa shape index (κ2) is 10.0. The molecular weight excluding hydrogens is 486 g/mol. The highest BCUT2D eigenvalue weighted by molar-refractivity contribution is 6.30. The van der Waals surface area contributed by atoms with Crippen LogP contribution >= 0.6 is 11.6 Å². The summed E-state index contributed by atoms with van der Waals surface area (Å²) in [5.41, 5.74) is 3.44. The van der Waals surface area contributed by atoms with Crippen LogP contribution in [0.4, 0.5) is 10.5 Å². The van der Waals surface area contributed by atoms with Gasteiger partial charge in [0.1, 0.15) is 6.61 Å². The quantitative estimate of drug-likeness (QED) is 0.507. The fourth-order valence-electron chi connectivity index (χ4n) is 5.52. The van der Waals surface area contributed by atoms with Gasteiger partial charge in [-0.1, -0.05) is 18.0 Å². The second-order valence-electron chi connectivity index (χ2n) is 9.55. The van der Waals surface area contributed by atoms with E-state index in [0.29, 0.717) is 37.0 Å². The number of carbonyl (C=O) groups excluding carboxylic acids is 1. The topological polar surface area (TPSA) is 112 Å². The molecule has 0 radical (unpaired) electrons. The summed E-state index contributed by atoms with van der Waals surface area (Å²) in [6, 6.07) is 4.32. The molecule has 0 spiro atoms. The van der Waals surface area contributed by atoms with Gasteiger partial charge in [-0.05, 0) is 51.2 Å². The van der Waals surface area contributed by atoms with Gasteiger partial charge in [0.2, 0.25) is 0 Å². The molecule has 1 fully saturated rings. The number of carboxylic acids is 1. The fraction of sp³-hybridized carbons (Fsp3) is 0.520. The third-order valence-electron chi connectivity index (χ3n) is 7.31. The van der Waals surface area contributed by atoms with Crippen molar-refractivity contribution in [1.29, 1.82) is 0 Å². The number of amides is 1. The first-order valence-corrected chi connectivity index (χ1v) is 12.7. The maximum Gasteiger partial charge on any atom is 0.414 e. The number of carbonyl (C=O) groups is 2. The third kappa shape index (κ3) is 4.50. The van der Waals surface area contributed by atoms with E-state index in [9.17, 15) is 14.7 Å². The highest BCUT2D eigenvalue weighted by Crippen LogP contribution is 2.42. The molecule has 3 aromatic rings. The molecule has 36 heavy (non-hydrogen) atoms. The van der Waals surface area contributed by atoms with E-state index in [2.05, 4.69) is 9.67 Å². The molecule has 2 aliphatic rings. The standard InChI is InChI=1S/C25H30ClN5O5/c1-15-6-7-19-20(30(15)25(34)35-2)8-9-21-22(19)28-24(36-11-10-29-14-17(26)13-27-29)31(21)18-5-3-4-16(12-18)23(32)33/h8-9,13-16,18H,3-7,10-12H2,1-2H3,(H,32,33)/t15-,16+,18+/m0/s1. The lowest BCUT2D eigenvalue weighted by atomic mass is 9.85. The van der Waals surface area contributed by atoms with E-state index in [1.807, 2.05) is 19.1 Å². The number of rotatable bonds is 6.